The van der Waals surface area contributed by atoms with Crippen molar-refractivity contribution in [3.05, 3.63) is 50.8 Å². The Kier molecular flexibility index (Phi) is 9.30. The second kappa shape index (κ2) is 12.5. The van der Waals surface area contributed by atoms with Gasteiger partial charge in [0.1, 0.15) is 6.10 Å². The van der Waals surface area contributed by atoms with Crippen LogP contribution in [0.3, 0.4) is 0 Å². The Morgan fingerprint density at radius 3 is 2.49 bits per heavy atom. The molecule has 0 aromatic heterocycles. The first-order valence-electron chi connectivity index (χ1n) is 16.5. The number of nitrogens with one attached hydrogen (secondary N) is 1. The molecule has 0 saturated heterocycles. The fourth-order valence-corrected chi connectivity index (χ4v) is 7.79. The van der Waals surface area contributed by atoms with Crippen molar-refractivity contribution in [1.82, 2.24) is 5.32 Å². The SMILES string of the molecule is Cc1c(-c2c(C)c3c(c(C)c2[C@@H](OC(C)(C)C)C(=O)O[C@H]2C[C@H](C)CC[C@H]2C(C)C)CCNC3)cc(F)c2c1CCCO2. The molecule has 1 aliphatic carbocycles. The number of hydrogen-bond donors (Lipinski definition) is 1. The molecule has 1 N–H and O–H groups in total. The van der Waals surface area contributed by atoms with Gasteiger partial charge >= 0.3 is 5.97 Å². The number of halogens is 1. The first-order chi connectivity index (χ1) is 20.3. The summed E-state index contributed by atoms with van der Waals surface area (Å²) in [5, 5.41) is 3.53. The molecule has 5 rings (SSSR count). The molecule has 2 heterocycles. The summed E-state index contributed by atoms with van der Waals surface area (Å²) in [4.78, 5) is 14.5. The highest BCUT2D eigenvalue weighted by molar-refractivity contribution is 5.86. The van der Waals surface area contributed by atoms with E-state index in [1.807, 2.05) is 20.8 Å². The van der Waals surface area contributed by atoms with E-state index in [0.717, 1.165) is 90.6 Å². The monoisotopic (exact) mass is 593 g/mol. The lowest BCUT2D eigenvalue weighted by molar-refractivity contribution is -0.178. The highest BCUT2D eigenvalue weighted by Gasteiger charge is 2.40. The molecule has 0 radical (unpaired) electrons. The van der Waals surface area contributed by atoms with Gasteiger partial charge in [0, 0.05) is 17.7 Å². The zero-order valence-electron chi connectivity index (χ0n) is 27.8. The van der Waals surface area contributed by atoms with E-state index in [1.165, 1.54) is 11.1 Å². The number of esters is 1. The largest absolute Gasteiger partial charge is 0.490 e. The zero-order valence-corrected chi connectivity index (χ0v) is 27.8. The number of carbonyl (C=O) groups is 1. The number of ether oxygens (including phenoxy) is 3. The van der Waals surface area contributed by atoms with Gasteiger partial charge in [-0.25, -0.2) is 9.18 Å². The van der Waals surface area contributed by atoms with Gasteiger partial charge in [-0.15, -0.1) is 0 Å². The van der Waals surface area contributed by atoms with Crippen molar-refractivity contribution < 1.29 is 23.4 Å². The van der Waals surface area contributed by atoms with Crippen molar-refractivity contribution in [3.63, 3.8) is 0 Å². The minimum atomic E-state index is -0.936. The summed E-state index contributed by atoms with van der Waals surface area (Å²) in [7, 11) is 0. The molecule has 236 valence electrons. The van der Waals surface area contributed by atoms with Crippen molar-refractivity contribution in [1.29, 1.82) is 0 Å². The van der Waals surface area contributed by atoms with E-state index in [2.05, 4.69) is 46.9 Å². The van der Waals surface area contributed by atoms with Crippen molar-refractivity contribution in [2.45, 2.75) is 125 Å². The Balaban J connectivity index is 1.72. The molecular weight excluding hydrogens is 541 g/mol. The highest BCUT2D eigenvalue weighted by atomic mass is 19.1. The Morgan fingerprint density at radius 2 is 1.79 bits per heavy atom. The maximum Gasteiger partial charge on any atom is 0.340 e. The molecule has 5 nitrogen and oxygen atoms in total. The van der Waals surface area contributed by atoms with Gasteiger partial charge < -0.3 is 19.5 Å². The lowest BCUT2D eigenvalue weighted by Crippen LogP contribution is -2.39. The van der Waals surface area contributed by atoms with E-state index >= 15 is 4.39 Å². The van der Waals surface area contributed by atoms with Crippen molar-refractivity contribution in [2.75, 3.05) is 13.2 Å². The number of carbonyl (C=O) groups excluding carboxylic acids is 1. The summed E-state index contributed by atoms with van der Waals surface area (Å²) < 4.78 is 34.7. The van der Waals surface area contributed by atoms with Gasteiger partial charge in [-0.3, -0.25) is 0 Å². The summed E-state index contributed by atoms with van der Waals surface area (Å²) in [6.07, 6.45) is 4.50. The predicted molar refractivity (Wildman–Crippen MR) is 170 cm³/mol. The van der Waals surface area contributed by atoms with Crippen LogP contribution in [0.25, 0.3) is 11.1 Å². The topological polar surface area (TPSA) is 56.8 Å². The van der Waals surface area contributed by atoms with Crippen molar-refractivity contribution in [3.8, 4) is 16.9 Å². The van der Waals surface area contributed by atoms with Crippen LogP contribution in [-0.4, -0.2) is 30.8 Å². The van der Waals surface area contributed by atoms with Crippen LogP contribution in [0.15, 0.2) is 6.07 Å². The predicted octanol–water partition coefficient (Wildman–Crippen LogP) is 8.25. The quantitative estimate of drug-likeness (QED) is 0.342. The second-order valence-electron chi connectivity index (χ2n) is 14.6. The number of benzene rings is 2. The minimum Gasteiger partial charge on any atom is -0.490 e. The fourth-order valence-electron chi connectivity index (χ4n) is 7.79. The fraction of sp³-hybridized carbons (Fsp3) is 0.649. The summed E-state index contributed by atoms with van der Waals surface area (Å²) in [5.41, 5.74) is 8.47. The van der Waals surface area contributed by atoms with Crippen LogP contribution in [0.1, 0.15) is 112 Å². The van der Waals surface area contributed by atoms with Crippen LogP contribution in [0, 0.1) is 44.3 Å². The Hall–Kier alpha value is -2.44. The average Bonchev–Trinajstić information content (AvgIpc) is 2.95. The summed E-state index contributed by atoms with van der Waals surface area (Å²) in [6.45, 7) is 21.1. The first kappa shape index (κ1) is 32.0. The highest BCUT2D eigenvalue weighted by Crippen LogP contribution is 2.46. The van der Waals surface area contributed by atoms with Crippen LogP contribution >= 0.6 is 0 Å². The van der Waals surface area contributed by atoms with Gasteiger partial charge in [0.05, 0.1) is 12.2 Å². The zero-order chi connectivity index (χ0) is 31.2. The Morgan fingerprint density at radius 1 is 1.05 bits per heavy atom. The normalized spacial score (nSPS) is 22.9. The maximum absolute atomic E-state index is 15.7. The van der Waals surface area contributed by atoms with Crippen LogP contribution in [0.2, 0.25) is 0 Å². The second-order valence-corrected chi connectivity index (χ2v) is 14.6. The van der Waals surface area contributed by atoms with Gasteiger partial charge in [0.25, 0.3) is 0 Å². The van der Waals surface area contributed by atoms with E-state index in [9.17, 15) is 4.79 Å². The molecule has 43 heavy (non-hydrogen) atoms. The van der Waals surface area contributed by atoms with Gasteiger partial charge in [-0.2, -0.15) is 0 Å². The Bertz CT molecular complexity index is 1370. The molecule has 2 aromatic rings. The van der Waals surface area contributed by atoms with Crippen molar-refractivity contribution in [2.24, 2.45) is 17.8 Å². The van der Waals surface area contributed by atoms with Gasteiger partial charge in [-0.05, 0) is 143 Å². The van der Waals surface area contributed by atoms with E-state index in [-0.39, 0.29) is 17.9 Å². The third kappa shape index (κ3) is 6.38. The van der Waals surface area contributed by atoms with Crippen LogP contribution in [0.5, 0.6) is 5.75 Å². The van der Waals surface area contributed by atoms with Gasteiger partial charge in [-0.1, -0.05) is 27.2 Å². The molecule has 0 spiro atoms. The molecule has 0 unspecified atom stereocenters. The third-order valence-electron chi connectivity index (χ3n) is 10.1. The minimum absolute atomic E-state index is 0.144. The summed E-state index contributed by atoms with van der Waals surface area (Å²) >= 11 is 0. The lowest BCUT2D eigenvalue weighted by atomic mass is 9.75. The summed E-state index contributed by atoms with van der Waals surface area (Å²) in [6, 6.07) is 1.62. The van der Waals surface area contributed by atoms with Crippen LogP contribution in [0.4, 0.5) is 4.39 Å². The first-order valence-corrected chi connectivity index (χ1v) is 16.5. The molecule has 3 aliphatic rings. The van der Waals surface area contributed by atoms with E-state index in [4.69, 9.17) is 14.2 Å². The smallest absolute Gasteiger partial charge is 0.340 e. The molecule has 1 fully saturated rings. The van der Waals surface area contributed by atoms with Gasteiger partial charge in [0.2, 0.25) is 0 Å². The number of rotatable bonds is 6. The molecular formula is C37H52FNO4. The Labute approximate surface area is 258 Å². The average molecular weight is 594 g/mol. The van der Waals surface area contributed by atoms with Crippen molar-refractivity contribution >= 4 is 5.97 Å². The van der Waals surface area contributed by atoms with E-state index in [0.29, 0.717) is 30.1 Å². The van der Waals surface area contributed by atoms with E-state index < -0.39 is 11.7 Å². The number of fused-ring (bicyclic) bond motifs is 2. The van der Waals surface area contributed by atoms with Crippen LogP contribution < -0.4 is 10.1 Å². The molecule has 2 aliphatic heterocycles. The molecule has 0 bridgehead atoms. The van der Waals surface area contributed by atoms with E-state index in [1.54, 1.807) is 6.07 Å². The van der Waals surface area contributed by atoms with Crippen LogP contribution in [-0.2, 0) is 33.7 Å². The molecule has 0 amide bonds. The summed E-state index contributed by atoms with van der Waals surface area (Å²) in [5.74, 6) is 0.943. The lowest BCUT2D eigenvalue weighted by Gasteiger charge is -2.38. The molecule has 1 saturated carbocycles. The standard InChI is InChI=1S/C37H52FNO4/c1-20(2)25-13-12-21(3)17-31(25)42-36(40)35(43-37(7,8)9)33-23(5)26-14-15-39-19-29(26)24(6)32(33)28-18-30(38)34-27(22(28)4)11-10-16-41-34/h18,20-21,25,31,35,39H,10-17,19H2,1-9H3/t21-,25+,31+,35-/m1/s1. The maximum atomic E-state index is 15.7. The molecule has 6 heteroatoms. The molecule has 2 aromatic carbocycles. The number of hydrogen-bond acceptors (Lipinski definition) is 5. The molecule has 4 atom stereocenters. The third-order valence-corrected chi connectivity index (χ3v) is 10.1. The van der Waals surface area contributed by atoms with Gasteiger partial charge in [0.15, 0.2) is 17.7 Å².